The summed E-state index contributed by atoms with van der Waals surface area (Å²) in [6.45, 7) is 0. The van der Waals surface area contributed by atoms with Crippen LogP contribution in [-0.4, -0.2) is 15.2 Å². The van der Waals surface area contributed by atoms with Crippen LogP contribution in [0.1, 0.15) is 0 Å². The molecule has 0 aliphatic heterocycles. The number of nitrogens with zero attached hydrogens (tertiary/aromatic N) is 2. The van der Waals surface area contributed by atoms with E-state index < -0.39 is 5.82 Å². The van der Waals surface area contributed by atoms with E-state index in [2.05, 4.69) is 20.5 Å². The van der Waals surface area contributed by atoms with Crippen LogP contribution in [0.3, 0.4) is 0 Å². The zero-order chi connectivity index (χ0) is 14.4. The van der Waals surface area contributed by atoms with Gasteiger partial charge in [-0.3, -0.25) is 5.10 Å². The third-order valence-corrected chi connectivity index (χ3v) is 3.28. The normalized spacial score (nSPS) is 11.3. The van der Waals surface area contributed by atoms with Gasteiger partial charge < -0.3 is 15.5 Å². The highest BCUT2D eigenvalue weighted by Crippen LogP contribution is 2.29. The largest absolute Gasteiger partial charge is 0.464 e. The van der Waals surface area contributed by atoms with Crippen molar-refractivity contribution in [1.82, 2.24) is 15.2 Å². The van der Waals surface area contributed by atoms with Crippen LogP contribution < -0.4 is 11.1 Å². The molecule has 0 saturated heterocycles. The number of hydrogen-bond donors (Lipinski definition) is 3. The van der Waals surface area contributed by atoms with Crippen LogP contribution in [-0.2, 0) is 0 Å². The minimum absolute atomic E-state index is 0.0971. The number of pyridine rings is 1. The molecule has 21 heavy (non-hydrogen) atoms. The number of hydrogen-bond acceptors (Lipinski definition) is 5. The Morgan fingerprint density at radius 2 is 2.14 bits per heavy atom. The molecule has 1 aromatic carbocycles. The van der Waals surface area contributed by atoms with Crippen LogP contribution in [0.5, 0.6) is 0 Å². The first-order valence-corrected chi connectivity index (χ1v) is 6.26. The van der Waals surface area contributed by atoms with E-state index >= 15 is 0 Å². The molecule has 0 aliphatic rings. The first-order chi connectivity index (χ1) is 10.2. The number of nitrogens with one attached hydrogen (secondary N) is 2. The van der Waals surface area contributed by atoms with Crippen LogP contribution >= 0.6 is 0 Å². The summed E-state index contributed by atoms with van der Waals surface area (Å²) < 4.78 is 19.5. The Morgan fingerprint density at radius 1 is 1.24 bits per heavy atom. The van der Waals surface area contributed by atoms with Crippen molar-refractivity contribution < 1.29 is 8.81 Å². The highest BCUT2D eigenvalue weighted by Gasteiger charge is 2.12. The molecule has 0 spiro atoms. The smallest absolute Gasteiger partial charge is 0.169 e. The van der Waals surface area contributed by atoms with Crippen molar-refractivity contribution in [1.29, 1.82) is 0 Å². The number of rotatable bonds is 2. The van der Waals surface area contributed by atoms with Gasteiger partial charge in [-0.15, -0.1) is 0 Å². The molecular weight excluding hydrogens is 273 g/mol. The molecule has 3 heterocycles. The molecule has 0 aliphatic carbocycles. The van der Waals surface area contributed by atoms with E-state index in [0.717, 1.165) is 5.39 Å². The van der Waals surface area contributed by atoms with Crippen LogP contribution in [0.25, 0.3) is 22.0 Å². The molecule has 104 valence electrons. The molecule has 3 aromatic heterocycles. The molecule has 0 atom stereocenters. The molecular formula is C14H10FN5O. The minimum Gasteiger partial charge on any atom is -0.464 e. The monoisotopic (exact) mass is 283 g/mol. The summed E-state index contributed by atoms with van der Waals surface area (Å²) in [7, 11) is 0. The molecule has 0 fully saturated rings. The van der Waals surface area contributed by atoms with Gasteiger partial charge in [0.05, 0.1) is 17.3 Å². The number of fused-ring (bicyclic) bond motifs is 2. The summed E-state index contributed by atoms with van der Waals surface area (Å²) >= 11 is 0. The Kier molecular flexibility index (Phi) is 2.34. The van der Waals surface area contributed by atoms with Gasteiger partial charge in [0.25, 0.3) is 0 Å². The van der Waals surface area contributed by atoms with E-state index in [0.29, 0.717) is 22.3 Å². The van der Waals surface area contributed by atoms with E-state index in [1.165, 1.54) is 6.07 Å². The maximum Gasteiger partial charge on any atom is 0.169 e. The SMILES string of the molecule is Nc1n[nH]c2nc(Nc3cccc4occc34)c(F)cc12. The number of aromatic amines is 1. The highest BCUT2D eigenvalue weighted by atomic mass is 19.1. The van der Waals surface area contributed by atoms with Crippen molar-refractivity contribution in [3.05, 3.63) is 42.4 Å². The second-order valence-electron chi connectivity index (χ2n) is 4.59. The van der Waals surface area contributed by atoms with Gasteiger partial charge in [0.1, 0.15) is 5.58 Å². The van der Waals surface area contributed by atoms with Crippen LogP contribution in [0.15, 0.2) is 41.0 Å². The second-order valence-corrected chi connectivity index (χ2v) is 4.59. The van der Waals surface area contributed by atoms with E-state index in [1.54, 1.807) is 6.26 Å². The van der Waals surface area contributed by atoms with E-state index in [1.807, 2.05) is 24.3 Å². The third-order valence-electron chi connectivity index (χ3n) is 3.28. The van der Waals surface area contributed by atoms with Gasteiger partial charge in [0.2, 0.25) is 0 Å². The van der Waals surface area contributed by atoms with Gasteiger partial charge in [0.15, 0.2) is 23.1 Å². The maximum absolute atomic E-state index is 14.1. The fourth-order valence-corrected chi connectivity index (χ4v) is 2.26. The van der Waals surface area contributed by atoms with Crippen molar-refractivity contribution in [3.63, 3.8) is 0 Å². The van der Waals surface area contributed by atoms with Crippen molar-refractivity contribution in [2.45, 2.75) is 0 Å². The molecule has 0 amide bonds. The fourth-order valence-electron chi connectivity index (χ4n) is 2.26. The Balaban J connectivity index is 1.83. The number of anilines is 3. The summed E-state index contributed by atoms with van der Waals surface area (Å²) in [6, 6.07) is 8.59. The Hall–Kier alpha value is -3.09. The predicted molar refractivity (Wildman–Crippen MR) is 77.8 cm³/mol. The van der Waals surface area contributed by atoms with Gasteiger partial charge in [-0.05, 0) is 24.3 Å². The molecule has 0 saturated carbocycles. The zero-order valence-electron chi connectivity index (χ0n) is 10.7. The molecule has 0 bridgehead atoms. The fraction of sp³-hybridized carbons (Fsp3) is 0. The summed E-state index contributed by atoms with van der Waals surface area (Å²) in [5.41, 5.74) is 7.48. The summed E-state index contributed by atoms with van der Waals surface area (Å²) in [6.07, 6.45) is 1.58. The standard InChI is InChI=1S/C14H10FN5O/c15-9-6-8-12(16)19-20-13(8)18-14(9)17-10-2-1-3-11-7(10)4-5-21-11/h1-6H,(H4,16,17,18,19,20). The lowest BCUT2D eigenvalue weighted by molar-refractivity contribution is 0.616. The maximum atomic E-state index is 14.1. The predicted octanol–water partition coefficient (Wildman–Crippen LogP) is 3.17. The lowest BCUT2D eigenvalue weighted by Gasteiger charge is -2.07. The molecule has 0 radical (unpaired) electrons. The average Bonchev–Trinajstić information content (AvgIpc) is 3.08. The number of halogens is 1. The Labute approximate surface area is 117 Å². The number of nitrogen functional groups attached to an aromatic ring is 1. The molecule has 4 rings (SSSR count). The van der Waals surface area contributed by atoms with Crippen LogP contribution in [0, 0.1) is 5.82 Å². The summed E-state index contributed by atoms with van der Waals surface area (Å²) in [4.78, 5) is 4.17. The Bertz CT molecular complexity index is 958. The van der Waals surface area contributed by atoms with Crippen LogP contribution in [0.4, 0.5) is 21.7 Å². The van der Waals surface area contributed by atoms with Crippen molar-refractivity contribution >= 4 is 39.3 Å². The van der Waals surface area contributed by atoms with Gasteiger partial charge in [-0.1, -0.05) is 6.07 Å². The lowest BCUT2D eigenvalue weighted by Crippen LogP contribution is -1.98. The van der Waals surface area contributed by atoms with Gasteiger partial charge >= 0.3 is 0 Å². The topological polar surface area (TPSA) is 92.8 Å². The zero-order valence-corrected chi connectivity index (χ0v) is 10.7. The number of H-pyrrole nitrogens is 1. The average molecular weight is 283 g/mol. The summed E-state index contributed by atoms with van der Waals surface area (Å²) in [5.74, 6) is -0.184. The quantitative estimate of drug-likeness (QED) is 0.525. The number of nitrogens with two attached hydrogens (primary N) is 1. The summed E-state index contributed by atoms with van der Waals surface area (Å²) in [5, 5.41) is 10.7. The lowest BCUT2D eigenvalue weighted by atomic mass is 10.2. The Morgan fingerprint density at radius 3 is 3.05 bits per heavy atom. The first kappa shape index (κ1) is 11.7. The van der Waals surface area contributed by atoms with Crippen LogP contribution in [0.2, 0.25) is 0 Å². The second kappa shape index (κ2) is 4.20. The van der Waals surface area contributed by atoms with E-state index in [9.17, 15) is 4.39 Å². The van der Waals surface area contributed by atoms with Crippen molar-refractivity contribution in [2.24, 2.45) is 0 Å². The highest BCUT2D eigenvalue weighted by molar-refractivity contribution is 5.93. The van der Waals surface area contributed by atoms with Gasteiger partial charge in [-0.25, -0.2) is 9.37 Å². The molecule has 6 nitrogen and oxygen atoms in total. The van der Waals surface area contributed by atoms with Crippen molar-refractivity contribution in [3.8, 4) is 0 Å². The third kappa shape index (κ3) is 1.78. The van der Waals surface area contributed by atoms with Crippen molar-refractivity contribution in [2.75, 3.05) is 11.1 Å². The molecule has 7 heteroatoms. The number of furan rings is 1. The van der Waals surface area contributed by atoms with E-state index in [-0.39, 0.29) is 11.6 Å². The van der Waals surface area contributed by atoms with E-state index in [4.69, 9.17) is 10.2 Å². The molecule has 4 N–H and O–H groups in total. The number of aromatic nitrogens is 3. The number of benzene rings is 1. The van der Waals surface area contributed by atoms with Gasteiger partial charge in [0, 0.05) is 5.39 Å². The molecule has 0 unspecified atom stereocenters. The minimum atomic E-state index is -0.504. The molecule has 4 aromatic rings. The van der Waals surface area contributed by atoms with Gasteiger partial charge in [-0.2, -0.15) is 5.10 Å². The first-order valence-electron chi connectivity index (χ1n) is 6.26.